The Morgan fingerprint density at radius 3 is 2.89 bits per heavy atom. The molecule has 0 spiro atoms. The minimum Gasteiger partial charge on any atom is -0.493 e. The summed E-state index contributed by atoms with van der Waals surface area (Å²) in [6, 6.07) is 5.39. The Labute approximate surface area is 120 Å². The number of ether oxygens (including phenoxy) is 1. The molecular weight excluding hydrogens is 287 g/mol. The lowest BCUT2D eigenvalue weighted by atomic mass is 10.0. The van der Waals surface area contributed by atoms with E-state index in [-0.39, 0.29) is 5.22 Å². The topological polar surface area (TPSA) is 42.6 Å². The van der Waals surface area contributed by atoms with Crippen LogP contribution < -0.4 is 4.74 Å². The first kappa shape index (κ1) is 12.9. The molecule has 1 aromatic carbocycles. The first-order valence-electron chi connectivity index (χ1n) is 6.00. The third kappa shape index (κ3) is 2.46. The average Bonchev–Trinajstić information content (AvgIpc) is 2.97. The maximum Gasteiger partial charge on any atom is 0.198 e. The quantitative estimate of drug-likeness (QED) is 0.937. The van der Waals surface area contributed by atoms with E-state index in [0.717, 1.165) is 23.3 Å². The highest BCUT2D eigenvalue weighted by Gasteiger charge is 2.21. The molecule has 3 rings (SSSR count). The lowest BCUT2D eigenvalue weighted by Crippen LogP contribution is -2.03. The molecule has 2 aromatic rings. The van der Waals surface area contributed by atoms with Crippen molar-refractivity contribution in [3.05, 3.63) is 51.4 Å². The van der Waals surface area contributed by atoms with Crippen molar-refractivity contribution >= 4 is 23.2 Å². The van der Waals surface area contributed by atoms with Crippen LogP contribution in [0.25, 0.3) is 0 Å². The molecule has 0 bridgehead atoms. The largest absolute Gasteiger partial charge is 0.493 e. The summed E-state index contributed by atoms with van der Waals surface area (Å²) in [7, 11) is 0. The van der Waals surface area contributed by atoms with Crippen LogP contribution in [0.4, 0.5) is 0 Å². The molecule has 0 saturated carbocycles. The maximum atomic E-state index is 10.2. The predicted molar refractivity (Wildman–Crippen MR) is 73.0 cm³/mol. The van der Waals surface area contributed by atoms with E-state index < -0.39 is 6.10 Å². The molecule has 0 amide bonds. The molecule has 3 nitrogen and oxygen atoms in total. The van der Waals surface area contributed by atoms with Crippen LogP contribution >= 0.6 is 23.2 Å². The molecule has 19 heavy (non-hydrogen) atoms. The number of rotatable bonds is 3. The fourth-order valence-electron chi connectivity index (χ4n) is 2.36. The highest BCUT2D eigenvalue weighted by Crippen LogP contribution is 2.36. The second kappa shape index (κ2) is 5.08. The average molecular weight is 299 g/mol. The fraction of sp³-hybridized carbons (Fsp3) is 0.286. The van der Waals surface area contributed by atoms with Crippen LogP contribution in [-0.2, 0) is 12.8 Å². The number of aliphatic hydroxyl groups is 1. The maximum absolute atomic E-state index is 10.2. The van der Waals surface area contributed by atoms with Gasteiger partial charge in [0.15, 0.2) is 5.22 Å². The second-order valence-electron chi connectivity index (χ2n) is 4.52. The Morgan fingerprint density at radius 2 is 2.16 bits per heavy atom. The molecule has 1 N–H and O–H groups in total. The number of aliphatic hydroxyl groups excluding tert-OH is 1. The molecule has 1 aliphatic rings. The molecule has 5 heteroatoms. The van der Waals surface area contributed by atoms with E-state index >= 15 is 0 Å². The summed E-state index contributed by atoms with van der Waals surface area (Å²) in [6.07, 6.45) is 1.96. The number of benzene rings is 1. The molecule has 1 unspecified atom stereocenters. The van der Waals surface area contributed by atoms with Gasteiger partial charge in [-0.1, -0.05) is 11.6 Å². The summed E-state index contributed by atoms with van der Waals surface area (Å²) in [5.74, 6) is 0.836. The van der Waals surface area contributed by atoms with Crippen LogP contribution in [0.3, 0.4) is 0 Å². The van der Waals surface area contributed by atoms with Crippen LogP contribution in [0, 0.1) is 0 Å². The van der Waals surface area contributed by atoms with Gasteiger partial charge in [0, 0.05) is 23.4 Å². The Hall–Kier alpha value is -1.16. The molecule has 0 saturated heterocycles. The lowest BCUT2D eigenvalue weighted by Gasteiger charge is -2.13. The summed E-state index contributed by atoms with van der Waals surface area (Å²) in [5.41, 5.74) is 2.56. The van der Waals surface area contributed by atoms with Crippen molar-refractivity contribution in [1.29, 1.82) is 0 Å². The summed E-state index contributed by atoms with van der Waals surface area (Å²) in [6.45, 7) is 0.658. The molecule has 2 heterocycles. The Morgan fingerprint density at radius 1 is 1.32 bits per heavy atom. The van der Waals surface area contributed by atoms with Crippen LogP contribution in [0.5, 0.6) is 5.75 Å². The van der Waals surface area contributed by atoms with E-state index in [4.69, 9.17) is 32.4 Å². The van der Waals surface area contributed by atoms with Gasteiger partial charge in [0.1, 0.15) is 5.75 Å². The normalized spacial score (nSPS) is 15.1. The van der Waals surface area contributed by atoms with E-state index in [2.05, 4.69) is 0 Å². The van der Waals surface area contributed by atoms with E-state index in [1.807, 2.05) is 12.1 Å². The Balaban J connectivity index is 1.90. The van der Waals surface area contributed by atoms with Crippen molar-refractivity contribution in [3.8, 4) is 5.75 Å². The second-order valence-corrected chi connectivity index (χ2v) is 5.30. The van der Waals surface area contributed by atoms with Crippen LogP contribution in [0.15, 0.2) is 28.9 Å². The van der Waals surface area contributed by atoms with E-state index in [1.54, 1.807) is 6.07 Å². The van der Waals surface area contributed by atoms with Gasteiger partial charge in [0.2, 0.25) is 0 Å². The zero-order valence-electron chi connectivity index (χ0n) is 10.0. The minimum atomic E-state index is -0.738. The van der Waals surface area contributed by atoms with E-state index in [1.165, 1.54) is 6.26 Å². The van der Waals surface area contributed by atoms with Crippen molar-refractivity contribution in [2.75, 3.05) is 6.61 Å². The number of hydrogen-bond donors (Lipinski definition) is 1. The highest BCUT2D eigenvalue weighted by atomic mass is 35.5. The van der Waals surface area contributed by atoms with Gasteiger partial charge in [0.25, 0.3) is 0 Å². The van der Waals surface area contributed by atoms with Crippen molar-refractivity contribution < 1.29 is 14.3 Å². The first-order valence-corrected chi connectivity index (χ1v) is 6.76. The summed E-state index contributed by atoms with van der Waals surface area (Å²) in [4.78, 5) is 0. The Bertz CT molecular complexity index is 607. The van der Waals surface area contributed by atoms with Crippen LogP contribution in [0.1, 0.15) is 22.8 Å². The van der Waals surface area contributed by atoms with Gasteiger partial charge in [0.05, 0.1) is 19.0 Å². The van der Waals surface area contributed by atoms with Crippen LogP contribution in [-0.4, -0.2) is 11.7 Å². The lowest BCUT2D eigenvalue weighted by molar-refractivity contribution is 0.176. The molecule has 0 radical (unpaired) electrons. The molecule has 1 aromatic heterocycles. The molecule has 1 aliphatic heterocycles. The van der Waals surface area contributed by atoms with Crippen molar-refractivity contribution in [1.82, 2.24) is 0 Å². The van der Waals surface area contributed by atoms with Gasteiger partial charge in [-0.15, -0.1) is 0 Å². The van der Waals surface area contributed by atoms with Gasteiger partial charge in [-0.25, -0.2) is 0 Å². The molecule has 0 fully saturated rings. The number of fused-ring (bicyclic) bond motifs is 1. The van der Waals surface area contributed by atoms with Gasteiger partial charge in [-0.3, -0.25) is 0 Å². The van der Waals surface area contributed by atoms with E-state index in [9.17, 15) is 5.11 Å². The zero-order chi connectivity index (χ0) is 13.4. The van der Waals surface area contributed by atoms with Crippen molar-refractivity contribution in [3.63, 3.8) is 0 Å². The van der Waals surface area contributed by atoms with Crippen LogP contribution in [0.2, 0.25) is 10.2 Å². The first-order chi connectivity index (χ1) is 9.15. The third-order valence-corrected chi connectivity index (χ3v) is 3.77. The fourth-order valence-corrected chi connectivity index (χ4v) is 2.86. The van der Waals surface area contributed by atoms with Crippen molar-refractivity contribution in [2.45, 2.75) is 18.9 Å². The summed E-state index contributed by atoms with van der Waals surface area (Å²) >= 11 is 12.0. The van der Waals surface area contributed by atoms with Gasteiger partial charge in [-0.05, 0) is 40.9 Å². The molecule has 1 atom stereocenters. The Kier molecular flexibility index (Phi) is 3.44. The van der Waals surface area contributed by atoms with Gasteiger partial charge < -0.3 is 14.3 Å². The monoisotopic (exact) mass is 298 g/mol. The highest BCUT2D eigenvalue weighted by molar-refractivity contribution is 6.30. The summed E-state index contributed by atoms with van der Waals surface area (Å²) in [5, 5.41) is 11.1. The van der Waals surface area contributed by atoms with Crippen molar-refractivity contribution in [2.24, 2.45) is 0 Å². The molecular formula is C14H12Cl2O3. The smallest absolute Gasteiger partial charge is 0.198 e. The van der Waals surface area contributed by atoms with Gasteiger partial charge >= 0.3 is 0 Å². The zero-order valence-corrected chi connectivity index (χ0v) is 11.5. The summed E-state index contributed by atoms with van der Waals surface area (Å²) < 4.78 is 10.6. The van der Waals surface area contributed by atoms with E-state index in [0.29, 0.717) is 23.6 Å². The molecule has 0 aliphatic carbocycles. The SMILES string of the molecule is OC(Cc1cc(Cl)cc2c1OCC2)c1ccoc1Cl. The predicted octanol–water partition coefficient (Wildman–Crippen LogP) is 3.80. The number of hydrogen-bond acceptors (Lipinski definition) is 3. The number of furan rings is 1. The third-order valence-electron chi connectivity index (χ3n) is 3.24. The molecule has 100 valence electrons. The minimum absolute atomic E-state index is 0.215. The van der Waals surface area contributed by atoms with Gasteiger partial charge in [-0.2, -0.15) is 0 Å². The standard InChI is InChI=1S/C14H12Cl2O3/c15-10-5-8-1-3-18-13(8)9(6-10)7-12(17)11-2-4-19-14(11)16/h2,4-6,12,17H,1,3,7H2. The number of halogens is 2.